The van der Waals surface area contributed by atoms with Gasteiger partial charge in [0.15, 0.2) is 5.69 Å². The van der Waals surface area contributed by atoms with Gasteiger partial charge in [-0.2, -0.15) is 53.0 Å². The summed E-state index contributed by atoms with van der Waals surface area (Å²) in [5, 5.41) is 6.04. The quantitative estimate of drug-likeness (QED) is 0.0685. The van der Waals surface area contributed by atoms with Crippen molar-refractivity contribution in [1.29, 1.82) is 0 Å². The monoisotopic (exact) mass is 1250 g/mol. The second kappa shape index (κ2) is 28.4. The second-order valence-electron chi connectivity index (χ2n) is 22.6. The van der Waals surface area contributed by atoms with Gasteiger partial charge in [-0.15, -0.1) is 0 Å². The van der Waals surface area contributed by atoms with E-state index in [1.807, 2.05) is 44.6 Å². The summed E-state index contributed by atoms with van der Waals surface area (Å²) < 4.78 is 41.9. The topological polar surface area (TPSA) is 250 Å². The first kappa shape index (κ1) is 62.1. The predicted molar refractivity (Wildman–Crippen MR) is 341 cm³/mol. The SMILES string of the molecule is CCc1nc(Nc2ncc(Sc3ccc(C4CN(C)CCN4c4nc(CC)nc(CCCc5nccc(-c6ccc(CN7CCN(c8nc(CC)nc(Nc9nc(-c%10ccccc%10)cc(C(F)(F)F)n9)n8)CC7)cn6)n5)n4)cc3)cn2)nc(N2CCN(C)CC2)n1. The third-order valence-corrected chi connectivity index (χ3v) is 16.9. The Morgan fingerprint density at radius 1 is 0.495 bits per heavy atom. The minimum absolute atomic E-state index is 0.0322. The molecule has 0 aliphatic carbocycles. The predicted octanol–water partition coefficient (Wildman–Crippen LogP) is 8.43. The largest absolute Gasteiger partial charge is 0.433 e. The van der Waals surface area contributed by atoms with Gasteiger partial charge in [0.05, 0.1) is 23.1 Å². The maximum absolute atomic E-state index is 14.0. The van der Waals surface area contributed by atoms with E-state index < -0.39 is 11.9 Å². The molecule has 470 valence electrons. The van der Waals surface area contributed by atoms with E-state index in [0.29, 0.717) is 92.9 Å². The number of anilines is 7. The van der Waals surface area contributed by atoms with Crippen molar-refractivity contribution in [3.8, 4) is 22.6 Å². The molecule has 3 aliphatic heterocycles. The standard InChI is InChI=1S/C63H71F3N24S/c1-6-51-74-55(80-62(79-51)90-34-27-86(5)40-49(90)43-18-20-44(21-19-43)91-45-37-69-56(70-38-45)81-58-75-52(7-2)77-60(83-58)88-30-25-85(4)26-31-88)16-12-15-54-67-24-23-47(71-54)46-22-17-41(36-68-46)39-87-28-32-89(33-29-87)61-78-53(8-3)76-59(84-61)82-57-72-48(42-13-10-9-11-14-42)35-50(73-57)63(64,65)66/h9-11,13-14,17-24,35-38,49H,6-8,12,15-16,25-34,39-40H2,1-5H3,(H,69,70,75,77,81,83)(H,72,73,76,78,82,84). The number of likely N-dealkylation sites (N-methyl/N-ethyl adjacent to an activating group) is 2. The lowest BCUT2D eigenvalue weighted by Gasteiger charge is -2.40. The van der Waals surface area contributed by atoms with Crippen LogP contribution in [0.3, 0.4) is 0 Å². The number of piperazine rings is 3. The summed E-state index contributed by atoms with van der Waals surface area (Å²) >= 11 is 1.60. The number of hydrogen-bond donors (Lipinski definition) is 2. The Kier molecular flexibility index (Phi) is 19.4. The number of pyridine rings is 1. The van der Waals surface area contributed by atoms with Crippen LogP contribution >= 0.6 is 11.8 Å². The van der Waals surface area contributed by atoms with Crippen molar-refractivity contribution >= 4 is 53.4 Å². The molecule has 3 aliphatic rings. The molecule has 1 unspecified atom stereocenters. The minimum atomic E-state index is -4.69. The van der Waals surface area contributed by atoms with Crippen molar-refractivity contribution in [2.75, 3.05) is 111 Å². The Hall–Kier alpha value is -9.12. The number of nitrogens with zero attached hydrogens (tertiary/aromatic N) is 22. The van der Waals surface area contributed by atoms with Gasteiger partial charge < -0.3 is 24.5 Å². The van der Waals surface area contributed by atoms with Crippen LogP contribution in [0.5, 0.6) is 0 Å². The van der Waals surface area contributed by atoms with Crippen molar-refractivity contribution in [3.05, 3.63) is 150 Å². The molecule has 28 heteroatoms. The summed E-state index contributed by atoms with van der Waals surface area (Å²) in [5.41, 5.74) is 3.31. The molecule has 2 aromatic carbocycles. The Labute approximate surface area is 530 Å². The summed E-state index contributed by atoms with van der Waals surface area (Å²) in [7, 11) is 4.28. The highest BCUT2D eigenvalue weighted by atomic mass is 32.2. The normalized spacial score (nSPS) is 16.1. The number of alkyl halides is 3. The van der Waals surface area contributed by atoms with E-state index in [4.69, 9.17) is 34.9 Å². The molecular weight excluding hydrogens is 1180 g/mol. The van der Waals surface area contributed by atoms with E-state index >= 15 is 0 Å². The molecule has 2 N–H and O–H groups in total. The number of halogens is 3. The zero-order chi connectivity index (χ0) is 62.8. The number of rotatable bonds is 21. The fraction of sp³-hybridized carbons (Fsp3) is 0.397. The van der Waals surface area contributed by atoms with E-state index in [2.05, 4.69) is 136 Å². The van der Waals surface area contributed by atoms with E-state index in [-0.39, 0.29) is 23.6 Å². The Morgan fingerprint density at radius 2 is 1.11 bits per heavy atom. The lowest BCUT2D eigenvalue weighted by molar-refractivity contribution is -0.141. The number of hydrogen-bond acceptors (Lipinski definition) is 25. The van der Waals surface area contributed by atoms with Gasteiger partial charge in [0.1, 0.15) is 29.1 Å². The maximum atomic E-state index is 14.0. The molecule has 0 bridgehead atoms. The second-order valence-corrected chi connectivity index (χ2v) is 23.7. The van der Waals surface area contributed by atoms with Crippen molar-refractivity contribution < 1.29 is 13.2 Å². The highest BCUT2D eigenvalue weighted by molar-refractivity contribution is 7.99. The van der Waals surface area contributed by atoms with Gasteiger partial charge in [0, 0.05) is 151 Å². The number of aryl methyl sites for hydroxylation is 5. The summed E-state index contributed by atoms with van der Waals surface area (Å²) in [5.74, 6) is 5.91. The average Bonchev–Trinajstić information content (AvgIpc) is 2.86. The molecule has 12 rings (SSSR count). The molecule has 3 fully saturated rings. The Morgan fingerprint density at radius 3 is 1.77 bits per heavy atom. The number of aromatic nitrogens is 16. The molecule has 0 radical (unpaired) electrons. The van der Waals surface area contributed by atoms with Crippen molar-refractivity contribution in [1.82, 2.24) is 94.4 Å². The molecule has 0 saturated carbocycles. The lowest BCUT2D eigenvalue weighted by atomic mass is 10.0. The molecule has 0 spiro atoms. The van der Waals surface area contributed by atoms with Crippen LogP contribution in [0.1, 0.15) is 79.2 Å². The maximum Gasteiger partial charge on any atom is 0.433 e. The first-order valence-electron chi connectivity index (χ1n) is 30.8. The van der Waals surface area contributed by atoms with Crippen LogP contribution in [0.25, 0.3) is 22.6 Å². The zero-order valence-electron chi connectivity index (χ0n) is 51.5. The Balaban J connectivity index is 0.630. The van der Waals surface area contributed by atoms with Crippen LogP contribution in [0.15, 0.2) is 113 Å². The van der Waals surface area contributed by atoms with Gasteiger partial charge in [-0.3, -0.25) is 20.5 Å². The molecule has 9 aromatic rings. The van der Waals surface area contributed by atoms with Crippen LogP contribution in [-0.4, -0.2) is 181 Å². The van der Waals surface area contributed by atoms with Gasteiger partial charge in [-0.05, 0) is 62.0 Å². The van der Waals surface area contributed by atoms with E-state index in [0.717, 1.165) is 121 Å². The number of nitrogens with one attached hydrogen (secondary N) is 2. The summed E-state index contributed by atoms with van der Waals surface area (Å²) in [6.07, 6.45) is 6.50. The third kappa shape index (κ3) is 15.9. The van der Waals surface area contributed by atoms with Crippen LogP contribution in [0.4, 0.5) is 54.8 Å². The molecule has 0 amide bonds. The van der Waals surface area contributed by atoms with Gasteiger partial charge in [-0.25, -0.2) is 34.9 Å². The van der Waals surface area contributed by atoms with Gasteiger partial charge in [0.25, 0.3) is 0 Å². The van der Waals surface area contributed by atoms with Crippen LogP contribution in [-0.2, 0) is 44.8 Å². The van der Waals surface area contributed by atoms with Crippen LogP contribution in [0.2, 0.25) is 0 Å². The minimum Gasteiger partial charge on any atom is -0.338 e. The first-order valence-corrected chi connectivity index (χ1v) is 31.6. The molecular formula is C63H71F3N24S. The van der Waals surface area contributed by atoms with Gasteiger partial charge in [0.2, 0.25) is 41.6 Å². The highest BCUT2D eigenvalue weighted by Crippen LogP contribution is 2.34. The summed E-state index contributed by atoms with van der Waals surface area (Å²) in [6, 6.07) is 24.3. The Bertz CT molecular complexity index is 3890. The lowest BCUT2D eigenvalue weighted by Crippen LogP contribution is -2.47. The van der Waals surface area contributed by atoms with Crippen LogP contribution in [0, 0.1) is 0 Å². The van der Waals surface area contributed by atoms with Crippen molar-refractivity contribution in [2.45, 2.75) is 87.9 Å². The van der Waals surface area contributed by atoms with Crippen molar-refractivity contribution in [3.63, 3.8) is 0 Å². The first-order chi connectivity index (χ1) is 44.3. The zero-order valence-corrected chi connectivity index (χ0v) is 52.3. The number of benzene rings is 2. The third-order valence-electron chi connectivity index (χ3n) is 15.9. The van der Waals surface area contributed by atoms with E-state index in [9.17, 15) is 13.2 Å². The van der Waals surface area contributed by atoms with E-state index in [1.165, 1.54) is 5.56 Å². The molecule has 7 aromatic heterocycles. The van der Waals surface area contributed by atoms with Gasteiger partial charge >= 0.3 is 6.18 Å². The van der Waals surface area contributed by atoms with E-state index in [1.54, 1.807) is 48.3 Å². The molecule has 3 saturated heterocycles. The average molecular weight is 1250 g/mol. The van der Waals surface area contributed by atoms with Crippen LogP contribution < -0.4 is 25.3 Å². The highest BCUT2D eigenvalue weighted by Gasteiger charge is 2.35. The molecule has 1 atom stereocenters. The molecule has 24 nitrogen and oxygen atoms in total. The fourth-order valence-electron chi connectivity index (χ4n) is 10.9. The fourth-order valence-corrected chi connectivity index (χ4v) is 11.6. The molecule has 91 heavy (non-hydrogen) atoms. The molecule has 10 heterocycles. The summed E-state index contributed by atoms with van der Waals surface area (Å²) in [6.45, 7) is 15.5. The van der Waals surface area contributed by atoms with Gasteiger partial charge in [-0.1, -0.05) is 81.1 Å². The smallest absolute Gasteiger partial charge is 0.338 e. The van der Waals surface area contributed by atoms with Crippen molar-refractivity contribution in [2.24, 2.45) is 0 Å². The summed E-state index contributed by atoms with van der Waals surface area (Å²) in [4.78, 5) is 90.1.